The van der Waals surface area contributed by atoms with Crippen LogP contribution in [0.25, 0.3) is 11.5 Å². The van der Waals surface area contributed by atoms with E-state index in [1.54, 1.807) is 19.2 Å². The summed E-state index contributed by atoms with van der Waals surface area (Å²) in [6.45, 7) is 1.77. The molecule has 15 heavy (non-hydrogen) atoms. The largest absolute Gasteiger partial charge is 0.337 e. The van der Waals surface area contributed by atoms with Crippen LogP contribution in [-0.4, -0.2) is 15.1 Å². The fraction of sp³-hybridized carbons (Fsp3) is 0.222. The van der Waals surface area contributed by atoms with E-state index in [0.29, 0.717) is 17.4 Å². The Morgan fingerprint density at radius 3 is 2.80 bits per heavy atom. The molecule has 0 radical (unpaired) electrons. The molecule has 0 aromatic carbocycles. The van der Waals surface area contributed by atoms with Crippen LogP contribution in [0.1, 0.15) is 18.2 Å². The third-order valence-electron chi connectivity index (χ3n) is 1.74. The van der Waals surface area contributed by atoms with Crippen LogP contribution in [0.3, 0.4) is 0 Å². The van der Waals surface area contributed by atoms with Gasteiger partial charge in [-0.2, -0.15) is 4.98 Å². The van der Waals surface area contributed by atoms with Crippen molar-refractivity contribution in [3.8, 4) is 11.5 Å². The Bertz CT molecular complexity index is 455. The number of nitrogens with zero attached hydrogens (tertiary/aromatic N) is 3. The van der Waals surface area contributed by atoms with Crippen LogP contribution in [0.5, 0.6) is 0 Å². The summed E-state index contributed by atoms with van der Waals surface area (Å²) in [6, 6.07) is 3.67. The molecule has 1 atom stereocenters. The monoisotopic (exact) mass is 287 g/mol. The van der Waals surface area contributed by atoms with Crippen LogP contribution in [0.4, 0.5) is 0 Å². The van der Waals surface area contributed by atoms with Crippen molar-refractivity contribution in [2.45, 2.75) is 12.3 Å². The molecule has 2 heterocycles. The van der Waals surface area contributed by atoms with Gasteiger partial charge in [0.2, 0.25) is 11.7 Å². The molecule has 2 aromatic rings. The van der Waals surface area contributed by atoms with Gasteiger partial charge in [-0.25, -0.2) is 0 Å². The highest BCUT2D eigenvalue weighted by Crippen LogP contribution is 2.21. The Morgan fingerprint density at radius 1 is 1.47 bits per heavy atom. The zero-order chi connectivity index (χ0) is 10.8. The highest BCUT2D eigenvalue weighted by Gasteiger charge is 2.13. The van der Waals surface area contributed by atoms with Crippen LogP contribution < -0.4 is 0 Å². The van der Waals surface area contributed by atoms with Crippen molar-refractivity contribution in [1.29, 1.82) is 0 Å². The quantitative estimate of drug-likeness (QED) is 0.796. The minimum atomic E-state index is -0.290. The summed E-state index contributed by atoms with van der Waals surface area (Å²) >= 11 is 9.10. The van der Waals surface area contributed by atoms with Gasteiger partial charge in [0.25, 0.3) is 0 Å². The van der Waals surface area contributed by atoms with Gasteiger partial charge in [0, 0.05) is 10.7 Å². The predicted molar refractivity (Wildman–Crippen MR) is 59.5 cm³/mol. The molecule has 0 saturated carbocycles. The summed E-state index contributed by atoms with van der Waals surface area (Å²) in [4.78, 5) is 8.27. The van der Waals surface area contributed by atoms with E-state index in [0.717, 1.165) is 4.47 Å². The van der Waals surface area contributed by atoms with Crippen molar-refractivity contribution in [3.05, 3.63) is 28.7 Å². The van der Waals surface area contributed by atoms with E-state index in [1.807, 2.05) is 6.07 Å². The van der Waals surface area contributed by atoms with Crippen molar-refractivity contribution >= 4 is 27.5 Å². The van der Waals surface area contributed by atoms with E-state index in [9.17, 15) is 0 Å². The molecule has 0 N–H and O–H groups in total. The van der Waals surface area contributed by atoms with Gasteiger partial charge in [0.05, 0.1) is 0 Å². The minimum Gasteiger partial charge on any atom is -0.337 e. The summed E-state index contributed by atoms with van der Waals surface area (Å²) in [6.07, 6.45) is 1.68. The number of hydrogen-bond acceptors (Lipinski definition) is 4. The lowest BCUT2D eigenvalue weighted by molar-refractivity contribution is 0.379. The Kier molecular flexibility index (Phi) is 3.02. The Morgan fingerprint density at radius 2 is 2.27 bits per heavy atom. The maximum absolute atomic E-state index is 5.81. The number of hydrogen-bond donors (Lipinski definition) is 0. The summed E-state index contributed by atoms with van der Waals surface area (Å²) in [5.41, 5.74) is 0.658. The van der Waals surface area contributed by atoms with Crippen molar-refractivity contribution in [2.24, 2.45) is 0 Å². The molecule has 0 aliphatic heterocycles. The average molecular weight is 289 g/mol. The number of aromatic nitrogens is 3. The van der Waals surface area contributed by atoms with Gasteiger partial charge in [-0.3, -0.25) is 4.98 Å². The second-order valence-corrected chi connectivity index (χ2v) is 4.50. The number of halogens is 2. The smallest absolute Gasteiger partial charge is 0.244 e. The molecule has 0 aliphatic carbocycles. The van der Waals surface area contributed by atoms with Crippen molar-refractivity contribution < 1.29 is 4.52 Å². The molecule has 2 aromatic heterocycles. The van der Waals surface area contributed by atoms with Gasteiger partial charge in [0.15, 0.2) is 0 Å². The minimum absolute atomic E-state index is 0.290. The second-order valence-electron chi connectivity index (χ2n) is 2.93. The molecular weight excluding hydrogens is 281 g/mol. The third kappa shape index (κ3) is 2.35. The van der Waals surface area contributed by atoms with Gasteiger partial charge in [-0.1, -0.05) is 5.16 Å². The van der Waals surface area contributed by atoms with Crippen LogP contribution >= 0.6 is 27.5 Å². The molecule has 0 aliphatic rings. The topological polar surface area (TPSA) is 51.8 Å². The van der Waals surface area contributed by atoms with Crippen LogP contribution in [0, 0.1) is 0 Å². The summed E-state index contributed by atoms with van der Waals surface area (Å²) in [5, 5.41) is 3.50. The molecule has 6 heteroatoms. The van der Waals surface area contributed by atoms with Crippen LogP contribution in [-0.2, 0) is 0 Å². The van der Waals surface area contributed by atoms with E-state index in [1.165, 1.54) is 0 Å². The molecule has 0 spiro atoms. The van der Waals surface area contributed by atoms with E-state index in [2.05, 4.69) is 31.1 Å². The molecule has 4 nitrogen and oxygen atoms in total. The van der Waals surface area contributed by atoms with Crippen LogP contribution in [0.15, 0.2) is 27.3 Å². The Balaban J connectivity index is 2.33. The van der Waals surface area contributed by atoms with E-state index in [-0.39, 0.29) is 5.38 Å². The van der Waals surface area contributed by atoms with Crippen molar-refractivity contribution in [3.63, 3.8) is 0 Å². The summed E-state index contributed by atoms with van der Waals surface area (Å²) in [7, 11) is 0. The maximum Gasteiger partial charge on any atom is 0.244 e. The SMILES string of the molecule is CC(Cl)c1nc(-c2ccc(Br)cn2)no1. The van der Waals surface area contributed by atoms with Gasteiger partial charge in [-0.15, -0.1) is 11.6 Å². The summed E-state index contributed by atoms with van der Waals surface area (Å²) in [5.74, 6) is 0.849. The zero-order valence-corrected chi connectivity index (χ0v) is 10.2. The first kappa shape index (κ1) is 10.6. The van der Waals surface area contributed by atoms with Gasteiger partial charge in [-0.05, 0) is 35.0 Å². The van der Waals surface area contributed by atoms with E-state index >= 15 is 0 Å². The Labute approximate surface area is 99.8 Å². The normalized spacial score (nSPS) is 12.7. The number of pyridine rings is 1. The molecule has 0 bridgehead atoms. The molecule has 1 unspecified atom stereocenters. The molecule has 78 valence electrons. The predicted octanol–water partition coefficient (Wildman–Crippen LogP) is 3.19. The fourth-order valence-electron chi connectivity index (χ4n) is 1.01. The van der Waals surface area contributed by atoms with Gasteiger partial charge in [0.1, 0.15) is 11.1 Å². The Hall–Kier alpha value is -0.940. The van der Waals surface area contributed by atoms with Crippen molar-refractivity contribution in [1.82, 2.24) is 15.1 Å². The first-order valence-corrected chi connectivity index (χ1v) is 5.49. The molecule has 0 amide bonds. The van der Waals surface area contributed by atoms with E-state index < -0.39 is 0 Å². The van der Waals surface area contributed by atoms with Gasteiger partial charge >= 0.3 is 0 Å². The average Bonchev–Trinajstić information content (AvgIpc) is 2.68. The lowest BCUT2D eigenvalue weighted by atomic mass is 10.3. The third-order valence-corrected chi connectivity index (χ3v) is 2.39. The molecule has 2 rings (SSSR count). The molecule has 0 fully saturated rings. The zero-order valence-electron chi connectivity index (χ0n) is 7.82. The lowest BCUT2D eigenvalue weighted by Gasteiger charge is -1.93. The fourth-order valence-corrected chi connectivity index (χ4v) is 1.33. The number of alkyl halides is 1. The summed E-state index contributed by atoms with van der Waals surface area (Å²) < 4.78 is 5.87. The van der Waals surface area contributed by atoms with Crippen LogP contribution in [0.2, 0.25) is 0 Å². The molecule has 0 saturated heterocycles. The lowest BCUT2D eigenvalue weighted by Crippen LogP contribution is -1.86. The number of rotatable bonds is 2. The highest BCUT2D eigenvalue weighted by atomic mass is 79.9. The standard InChI is InChI=1S/C9H7BrClN3O/c1-5(11)9-13-8(14-15-9)7-3-2-6(10)4-12-7/h2-5H,1H3. The highest BCUT2D eigenvalue weighted by molar-refractivity contribution is 9.10. The van der Waals surface area contributed by atoms with Crippen molar-refractivity contribution in [2.75, 3.05) is 0 Å². The van der Waals surface area contributed by atoms with E-state index in [4.69, 9.17) is 16.1 Å². The van der Waals surface area contributed by atoms with Gasteiger partial charge < -0.3 is 4.52 Å². The first-order valence-electron chi connectivity index (χ1n) is 4.26. The first-order chi connectivity index (χ1) is 7.16. The molecular formula is C9H7BrClN3O. The second kappa shape index (κ2) is 4.28. The maximum atomic E-state index is 5.81.